The summed E-state index contributed by atoms with van der Waals surface area (Å²) in [5, 5.41) is 2.29. The predicted octanol–water partition coefficient (Wildman–Crippen LogP) is 3.41. The van der Waals surface area contributed by atoms with Crippen molar-refractivity contribution in [1.29, 1.82) is 0 Å². The third kappa shape index (κ3) is 5.06. The minimum atomic E-state index is -0.781. The second-order valence-corrected chi connectivity index (χ2v) is 9.82. The number of amides is 2. The summed E-state index contributed by atoms with van der Waals surface area (Å²) in [6.45, 7) is 0. The van der Waals surface area contributed by atoms with E-state index in [2.05, 4.69) is 5.32 Å². The van der Waals surface area contributed by atoms with Gasteiger partial charge < -0.3 is 10.1 Å². The van der Waals surface area contributed by atoms with E-state index in [1.54, 1.807) is 0 Å². The number of β-lactam (4-membered cyclic amide) rings is 1. The van der Waals surface area contributed by atoms with E-state index in [0.717, 1.165) is 16.7 Å². The molecule has 186 valence electrons. The monoisotopic (exact) mass is 512 g/mol. The fourth-order valence-electron chi connectivity index (χ4n) is 4.48. The number of rotatable bonds is 8. The first-order valence-corrected chi connectivity index (χ1v) is 12.9. The van der Waals surface area contributed by atoms with Crippen LogP contribution in [0, 0.1) is 0 Å². The molecule has 1 saturated heterocycles. The highest BCUT2D eigenvalue weighted by molar-refractivity contribution is 8.00. The van der Waals surface area contributed by atoms with Crippen LogP contribution in [0.4, 0.5) is 0 Å². The molecular weight excluding hydrogens is 488 g/mol. The lowest BCUT2D eigenvalue weighted by atomic mass is 10.0. The summed E-state index contributed by atoms with van der Waals surface area (Å²) in [6, 6.07) is 27.0. The van der Waals surface area contributed by atoms with E-state index in [0.29, 0.717) is 6.29 Å². The zero-order valence-corrected chi connectivity index (χ0v) is 20.6. The van der Waals surface area contributed by atoms with Crippen molar-refractivity contribution in [1.82, 2.24) is 10.2 Å². The molecule has 2 amide bonds. The molecule has 0 bridgehead atoms. The molecule has 2 aliphatic rings. The van der Waals surface area contributed by atoms with Crippen molar-refractivity contribution in [2.24, 2.45) is 0 Å². The molecule has 7 nitrogen and oxygen atoms in total. The number of aldehydes is 1. The number of carbonyl (C=O) groups is 4. The number of carbonyl (C=O) groups excluding carboxylic acids is 4. The summed E-state index contributed by atoms with van der Waals surface area (Å²) in [5.41, 5.74) is 2.49. The molecule has 2 aliphatic heterocycles. The van der Waals surface area contributed by atoms with Gasteiger partial charge in [0, 0.05) is 11.3 Å². The Morgan fingerprint density at radius 2 is 1.51 bits per heavy atom. The van der Waals surface area contributed by atoms with Crippen molar-refractivity contribution in [3.05, 3.63) is 119 Å². The smallest absolute Gasteiger partial charge is 0.356 e. The van der Waals surface area contributed by atoms with Crippen LogP contribution in [0.2, 0.25) is 0 Å². The van der Waals surface area contributed by atoms with Gasteiger partial charge in [-0.25, -0.2) is 4.79 Å². The van der Waals surface area contributed by atoms with E-state index in [4.69, 9.17) is 4.74 Å². The van der Waals surface area contributed by atoms with Gasteiger partial charge in [-0.2, -0.15) is 0 Å². The third-order valence-electron chi connectivity index (χ3n) is 6.29. The summed E-state index contributed by atoms with van der Waals surface area (Å²) >= 11 is 1.33. The van der Waals surface area contributed by atoms with Gasteiger partial charge in [0.25, 0.3) is 5.91 Å². The van der Waals surface area contributed by atoms with Gasteiger partial charge in [-0.05, 0) is 16.7 Å². The lowest BCUT2D eigenvalue weighted by molar-refractivity contribution is -0.154. The first-order valence-electron chi connectivity index (χ1n) is 11.8. The molecule has 0 unspecified atom stereocenters. The average molecular weight is 513 g/mol. The van der Waals surface area contributed by atoms with Gasteiger partial charge in [-0.15, -0.1) is 11.8 Å². The van der Waals surface area contributed by atoms with Gasteiger partial charge in [0.05, 0.1) is 6.42 Å². The first-order chi connectivity index (χ1) is 18.1. The Morgan fingerprint density at radius 1 is 0.946 bits per heavy atom. The zero-order valence-electron chi connectivity index (χ0n) is 19.8. The molecule has 1 fully saturated rings. The Morgan fingerprint density at radius 3 is 2.08 bits per heavy atom. The second-order valence-electron chi connectivity index (χ2n) is 8.72. The van der Waals surface area contributed by atoms with E-state index >= 15 is 0 Å². The molecule has 3 aromatic rings. The van der Waals surface area contributed by atoms with Crippen LogP contribution in [0.15, 0.2) is 102 Å². The Balaban J connectivity index is 1.35. The van der Waals surface area contributed by atoms with Crippen molar-refractivity contribution in [3.8, 4) is 0 Å². The minimum Gasteiger partial charge on any atom is -0.448 e. The Hall–Kier alpha value is -4.17. The average Bonchev–Trinajstić information content (AvgIpc) is 2.95. The molecule has 2 atom stereocenters. The molecule has 8 heteroatoms. The maximum atomic E-state index is 13.5. The molecule has 0 aromatic heterocycles. The molecule has 3 aromatic carbocycles. The number of esters is 1. The Labute approximate surface area is 218 Å². The quantitative estimate of drug-likeness (QED) is 0.283. The number of hydrogen-bond donors (Lipinski definition) is 1. The number of fused-ring (bicyclic) bond motifs is 1. The number of hydrogen-bond acceptors (Lipinski definition) is 6. The normalized spacial score (nSPS) is 18.6. The van der Waals surface area contributed by atoms with Gasteiger partial charge in [0.15, 0.2) is 6.10 Å². The SMILES string of the molecule is O=CC1=C(C(=O)OC(c2ccccc2)c2ccccc2)N2C(=O)[C@@H](NC(=O)Cc3ccccc3)[C@H]2SC1. The fraction of sp³-hybridized carbons (Fsp3) is 0.172. The third-order valence-corrected chi connectivity index (χ3v) is 7.59. The van der Waals surface area contributed by atoms with Gasteiger partial charge in [-0.1, -0.05) is 91.0 Å². The molecule has 0 aliphatic carbocycles. The molecule has 0 spiro atoms. The highest BCUT2D eigenvalue weighted by atomic mass is 32.2. The van der Waals surface area contributed by atoms with Crippen LogP contribution < -0.4 is 5.32 Å². The van der Waals surface area contributed by atoms with E-state index in [1.165, 1.54) is 16.7 Å². The number of benzene rings is 3. The van der Waals surface area contributed by atoms with Gasteiger partial charge in [0.1, 0.15) is 23.4 Å². The van der Waals surface area contributed by atoms with Crippen molar-refractivity contribution in [3.63, 3.8) is 0 Å². The van der Waals surface area contributed by atoms with Crippen LogP contribution in [0.25, 0.3) is 0 Å². The molecular formula is C29H24N2O5S. The van der Waals surface area contributed by atoms with E-state index in [-0.39, 0.29) is 29.4 Å². The van der Waals surface area contributed by atoms with Crippen molar-refractivity contribution in [2.45, 2.75) is 23.9 Å². The van der Waals surface area contributed by atoms with Gasteiger partial charge >= 0.3 is 5.97 Å². The summed E-state index contributed by atoms with van der Waals surface area (Å²) in [6.07, 6.45) is 0.0115. The maximum Gasteiger partial charge on any atom is 0.356 e. The van der Waals surface area contributed by atoms with E-state index in [9.17, 15) is 19.2 Å². The summed E-state index contributed by atoms with van der Waals surface area (Å²) in [5.74, 6) is -1.25. The number of nitrogens with zero attached hydrogens (tertiary/aromatic N) is 1. The topological polar surface area (TPSA) is 92.8 Å². The molecule has 37 heavy (non-hydrogen) atoms. The number of thioether (sulfide) groups is 1. The minimum absolute atomic E-state index is 0.0610. The Bertz CT molecular complexity index is 1300. The van der Waals surface area contributed by atoms with Crippen LogP contribution in [-0.2, 0) is 30.3 Å². The predicted molar refractivity (Wildman–Crippen MR) is 139 cm³/mol. The zero-order chi connectivity index (χ0) is 25.8. The highest BCUT2D eigenvalue weighted by Crippen LogP contribution is 2.41. The van der Waals surface area contributed by atoms with E-state index in [1.807, 2.05) is 91.0 Å². The van der Waals surface area contributed by atoms with Crippen LogP contribution in [0.1, 0.15) is 22.8 Å². The van der Waals surface area contributed by atoms with Crippen LogP contribution >= 0.6 is 11.8 Å². The second kappa shape index (κ2) is 10.8. The summed E-state index contributed by atoms with van der Waals surface area (Å²) in [4.78, 5) is 52.3. The summed E-state index contributed by atoms with van der Waals surface area (Å²) < 4.78 is 5.94. The highest BCUT2D eigenvalue weighted by Gasteiger charge is 2.54. The number of nitrogens with one attached hydrogen (secondary N) is 1. The summed E-state index contributed by atoms with van der Waals surface area (Å²) in [7, 11) is 0. The van der Waals surface area contributed by atoms with Gasteiger partial charge in [-0.3, -0.25) is 19.3 Å². The van der Waals surface area contributed by atoms with Gasteiger partial charge in [0.2, 0.25) is 5.91 Å². The molecule has 1 N–H and O–H groups in total. The van der Waals surface area contributed by atoms with Crippen molar-refractivity contribution >= 4 is 35.8 Å². The lowest BCUT2D eigenvalue weighted by Gasteiger charge is -2.49. The standard InChI is InChI=1S/C29H24N2O5S/c32-17-22-18-37-28-24(30-23(33)16-19-10-4-1-5-11-19)27(34)31(28)25(22)29(35)36-26(20-12-6-2-7-13-20)21-14-8-3-9-15-21/h1-15,17,24,26,28H,16,18H2,(H,30,33)/t24-,28-/m1/s1. The van der Waals surface area contributed by atoms with E-state index < -0.39 is 29.4 Å². The largest absolute Gasteiger partial charge is 0.448 e. The van der Waals surface area contributed by atoms with Crippen molar-refractivity contribution in [2.75, 3.05) is 5.75 Å². The Kier molecular flexibility index (Phi) is 7.18. The molecule has 5 rings (SSSR count). The van der Waals surface area contributed by atoms with Crippen LogP contribution in [-0.4, -0.2) is 46.1 Å². The lowest BCUT2D eigenvalue weighted by Crippen LogP contribution is -2.70. The molecule has 0 radical (unpaired) electrons. The van der Waals surface area contributed by atoms with Crippen LogP contribution in [0.3, 0.4) is 0 Å². The molecule has 2 heterocycles. The number of ether oxygens (including phenoxy) is 1. The fourth-order valence-corrected chi connectivity index (χ4v) is 5.77. The van der Waals surface area contributed by atoms with Crippen molar-refractivity contribution < 1.29 is 23.9 Å². The van der Waals surface area contributed by atoms with Crippen LogP contribution in [0.5, 0.6) is 0 Å². The first kappa shape index (κ1) is 24.5. The maximum absolute atomic E-state index is 13.5. The molecule has 0 saturated carbocycles.